The Bertz CT molecular complexity index is 403. The van der Waals surface area contributed by atoms with Gasteiger partial charge < -0.3 is 5.11 Å². The number of aliphatic carboxylic acids is 1. The predicted octanol–water partition coefficient (Wildman–Crippen LogP) is 3.60. The molecule has 1 atom stereocenters. The lowest BCUT2D eigenvalue weighted by atomic mass is 9.76. The molecule has 0 aliphatic heterocycles. The second-order valence-electron chi connectivity index (χ2n) is 4.99. The summed E-state index contributed by atoms with van der Waals surface area (Å²) in [5, 5.41) is 9.55. The Morgan fingerprint density at radius 2 is 2.11 bits per heavy atom. The van der Waals surface area contributed by atoms with E-state index in [9.17, 15) is 9.90 Å². The fourth-order valence-corrected chi connectivity index (χ4v) is 2.28. The van der Waals surface area contributed by atoms with Crippen molar-refractivity contribution in [2.24, 2.45) is 5.41 Å². The first-order valence-electron chi connectivity index (χ1n) is 6.70. The van der Waals surface area contributed by atoms with E-state index in [1.54, 1.807) is 0 Å². The van der Waals surface area contributed by atoms with Gasteiger partial charge in [0.25, 0.3) is 0 Å². The molecule has 1 aromatic rings. The highest BCUT2D eigenvalue weighted by Gasteiger charge is 2.36. The van der Waals surface area contributed by atoms with Gasteiger partial charge >= 0.3 is 5.97 Å². The lowest BCUT2D eigenvalue weighted by molar-refractivity contribution is -0.149. The first-order valence-corrected chi connectivity index (χ1v) is 6.70. The molecule has 0 radical (unpaired) electrons. The molecule has 0 amide bonds. The average molecular weight is 249 g/mol. The van der Waals surface area contributed by atoms with Gasteiger partial charge in [-0.25, -0.2) is 0 Å². The summed E-state index contributed by atoms with van der Waals surface area (Å²) in [6, 6.07) is 5.80. The largest absolute Gasteiger partial charge is 0.481 e. The molecule has 1 heterocycles. The maximum absolute atomic E-state index is 11.6. The molecule has 0 fully saturated rings. The molecule has 100 valence electrons. The van der Waals surface area contributed by atoms with Crippen LogP contribution in [0.15, 0.2) is 18.2 Å². The molecule has 0 aliphatic rings. The minimum Gasteiger partial charge on any atom is -0.481 e. The summed E-state index contributed by atoms with van der Waals surface area (Å²) < 4.78 is 0. The summed E-state index contributed by atoms with van der Waals surface area (Å²) in [4.78, 5) is 16.1. The molecule has 1 unspecified atom stereocenters. The normalized spacial score (nSPS) is 14.2. The smallest absolute Gasteiger partial charge is 0.310 e. The monoisotopic (exact) mass is 249 g/mol. The number of nitrogens with zero attached hydrogens (tertiary/aromatic N) is 1. The molecule has 0 bridgehead atoms. The third kappa shape index (κ3) is 3.56. The van der Waals surface area contributed by atoms with E-state index in [4.69, 9.17) is 0 Å². The number of pyridine rings is 1. The Morgan fingerprint density at radius 3 is 2.61 bits per heavy atom. The molecule has 0 aliphatic carbocycles. The van der Waals surface area contributed by atoms with Crippen LogP contribution < -0.4 is 0 Å². The molecular weight excluding hydrogens is 226 g/mol. The maximum Gasteiger partial charge on any atom is 0.310 e. The Hall–Kier alpha value is -1.38. The van der Waals surface area contributed by atoms with Crippen molar-refractivity contribution in [1.82, 2.24) is 4.98 Å². The van der Waals surface area contributed by atoms with Crippen molar-refractivity contribution >= 4 is 5.97 Å². The number of hydrogen-bond donors (Lipinski definition) is 1. The van der Waals surface area contributed by atoms with Crippen LogP contribution in [0.4, 0.5) is 0 Å². The molecule has 0 spiro atoms. The van der Waals surface area contributed by atoms with Gasteiger partial charge in [-0.15, -0.1) is 0 Å². The van der Waals surface area contributed by atoms with E-state index in [1.807, 2.05) is 32.0 Å². The van der Waals surface area contributed by atoms with Crippen molar-refractivity contribution in [1.29, 1.82) is 0 Å². The predicted molar refractivity (Wildman–Crippen MR) is 72.6 cm³/mol. The fourth-order valence-electron chi connectivity index (χ4n) is 2.28. The number of unbranched alkanes of at least 4 members (excludes halogenated alkanes) is 1. The zero-order chi connectivity index (χ0) is 13.6. The summed E-state index contributed by atoms with van der Waals surface area (Å²) >= 11 is 0. The van der Waals surface area contributed by atoms with Gasteiger partial charge in [0.15, 0.2) is 0 Å². The molecule has 1 N–H and O–H groups in total. The quantitative estimate of drug-likeness (QED) is 0.803. The second-order valence-corrected chi connectivity index (χ2v) is 4.99. The third-order valence-corrected chi connectivity index (χ3v) is 3.60. The van der Waals surface area contributed by atoms with Gasteiger partial charge in [0.1, 0.15) is 0 Å². The molecule has 0 aromatic carbocycles. The van der Waals surface area contributed by atoms with Crippen molar-refractivity contribution in [2.45, 2.75) is 52.9 Å². The van der Waals surface area contributed by atoms with Gasteiger partial charge in [-0.1, -0.05) is 32.8 Å². The van der Waals surface area contributed by atoms with Crippen LogP contribution in [-0.2, 0) is 11.2 Å². The van der Waals surface area contributed by atoms with Crippen LogP contribution in [0, 0.1) is 12.3 Å². The molecule has 0 saturated heterocycles. The Morgan fingerprint density at radius 1 is 1.39 bits per heavy atom. The van der Waals surface area contributed by atoms with Crippen molar-refractivity contribution in [3.05, 3.63) is 29.6 Å². The molecule has 1 rings (SSSR count). The topological polar surface area (TPSA) is 50.2 Å². The van der Waals surface area contributed by atoms with Crippen LogP contribution in [0.5, 0.6) is 0 Å². The van der Waals surface area contributed by atoms with Gasteiger partial charge in [-0.3, -0.25) is 9.78 Å². The highest BCUT2D eigenvalue weighted by atomic mass is 16.4. The van der Waals surface area contributed by atoms with Gasteiger partial charge in [0.2, 0.25) is 0 Å². The lowest BCUT2D eigenvalue weighted by Gasteiger charge is -2.28. The summed E-state index contributed by atoms with van der Waals surface area (Å²) in [5.74, 6) is -0.693. The zero-order valence-electron chi connectivity index (χ0n) is 11.6. The lowest BCUT2D eigenvalue weighted by Crippen LogP contribution is -2.33. The number of hydrogen-bond acceptors (Lipinski definition) is 2. The van der Waals surface area contributed by atoms with Gasteiger partial charge in [0, 0.05) is 17.8 Å². The van der Waals surface area contributed by atoms with Gasteiger partial charge in [-0.05, 0) is 31.9 Å². The summed E-state index contributed by atoms with van der Waals surface area (Å²) in [6.45, 7) is 5.98. The van der Waals surface area contributed by atoms with E-state index in [0.29, 0.717) is 12.8 Å². The Labute approximate surface area is 109 Å². The van der Waals surface area contributed by atoms with Crippen molar-refractivity contribution in [2.75, 3.05) is 0 Å². The highest BCUT2D eigenvalue weighted by Crippen LogP contribution is 2.33. The first kappa shape index (κ1) is 14.7. The average Bonchev–Trinajstić information content (AvgIpc) is 2.34. The first-order chi connectivity index (χ1) is 8.54. The van der Waals surface area contributed by atoms with Crippen LogP contribution in [0.2, 0.25) is 0 Å². The van der Waals surface area contributed by atoms with Crippen LogP contribution in [-0.4, -0.2) is 16.1 Å². The SMILES string of the molecule is CCCCC(CC)(Cc1cccc(C)n1)C(=O)O. The molecule has 3 heteroatoms. The van der Waals surface area contributed by atoms with E-state index < -0.39 is 11.4 Å². The minimum atomic E-state index is -0.693. The van der Waals surface area contributed by atoms with Gasteiger partial charge in [-0.2, -0.15) is 0 Å². The second kappa shape index (κ2) is 6.53. The summed E-state index contributed by atoms with van der Waals surface area (Å²) in [6.07, 6.45) is 3.88. The number of rotatable bonds is 7. The Balaban J connectivity index is 2.93. The Kier molecular flexibility index (Phi) is 5.32. The fraction of sp³-hybridized carbons (Fsp3) is 0.600. The van der Waals surface area contributed by atoms with E-state index in [2.05, 4.69) is 11.9 Å². The van der Waals surface area contributed by atoms with Crippen LogP contribution in [0.1, 0.15) is 50.9 Å². The van der Waals surface area contributed by atoms with Crippen LogP contribution in [0.25, 0.3) is 0 Å². The van der Waals surface area contributed by atoms with Crippen molar-refractivity contribution < 1.29 is 9.90 Å². The maximum atomic E-state index is 11.6. The highest BCUT2D eigenvalue weighted by molar-refractivity contribution is 5.74. The molecular formula is C15H23NO2. The molecule has 18 heavy (non-hydrogen) atoms. The summed E-state index contributed by atoms with van der Waals surface area (Å²) in [7, 11) is 0. The van der Waals surface area contributed by atoms with Crippen LogP contribution >= 0.6 is 0 Å². The summed E-state index contributed by atoms with van der Waals surface area (Å²) in [5.41, 5.74) is 1.17. The van der Waals surface area contributed by atoms with E-state index in [1.165, 1.54) is 0 Å². The van der Waals surface area contributed by atoms with Crippen molar-refractivity contribution in [3.8, 4) is 0 Å². The van der Waals surface area contributed by atoms with Crippen molar-refractivity contribution in [3.63, 3.8) is 0 Å². The number of carboxylic acids is 1. The number of aryl methyl sites for hydroxylation is 1. The third-order valence-electron chi connectivity index (χ3n) is 3.60. The zero-order valence-corrected chi connectivity index (χ0v) is 11.6. The van der Waals surface area contributed by atoms with E-state index in [0.717, 1.165) is 30.7 Å². The molecule has 0 saturated carbocycles. The van der Waals surface area contributed by atoms with Crippen LogP contribution in [0.3, 0.4) is 0 Å². The van der Waals surface area contributed by atoms with Gasteiger partial charge in [0.05, 0.1) is 5.41 Å². The minimum absolute atomic E-state index is 0.528. The molecule has 1 aromatic heterocycles. The number of carboxylic acid groups (broad SMARTS) is 1. The number of carbonyl (C=O) groups is 1. The number of aromatic nitrogens is 1. The van der Waals surface area contributed by atoms with E-state index in [-0.39, 0.29) is 0 Å². The molecule has 3 nitrogen and oxygen atoms in total. The standard InChI is InChI=1S/C15H23NO2/c1-4-6-10-15(5-2,14(17)18)11-13-9-7-8-12(3)16-13/h7-9H,4-6,10-11H2,1-3H3,(H,17,18). The van der Waals surface area contributed by atoms with E-state index >= 15 is 0 Å².